The second kappa shape index (κ2) is 77.0. The molecule has 0 aromatic heterocycles. The van der Waals surface area contributed by atoms with Crippen LogP contribution >= 0.6 is 0 Å². The Morgan fingerprint density at radius 2 is 0.455 bits per heavy atom. The summed E-state index contributed by atoms with van der Waals surface area (Å²) in [5, 5.41) is 9.72. The highest BCUT2D eigenvalue weighted by molar-refractivity contribution is 5.70. The summed E-state index contributed by atoms with van der Waals surface area (Å²) in [6, 6.07) is 0. The van der Waals surface area contributed by atoms with Crippen LogP contribution in [0.25, 0.3) is 0 Å². The smallest absolute Gasteiger partial charge is 0.306 e. The molecule has 5 heteroatoms. The average Bonchev–Trinajstić information content (AvgIpc) is 3.55. The molecular weight excluding hydrogens is 1080 g/mol. The third kappa shape index (κ3) is 74.2. The summed E-state index contributed by atoms with van der Waals surface area (Å²) < 4.78 is 10.8. The van der Waals surface area contributed by atoms with Crippen LogP contribution in [0, 0.1) is 0 Å². The van der Waals surface area contributed by atoms with E-state index in [2.05, 4.69) is 160 Å². The van der Waals surface area contributed by atoms with Crippen molar-refractivity contribution in [2.45, 2.75) is 354 Å². The molecular formula is C83H140O5. The van der Waals surface area contributed by atoms with E-state index in [1.54, 1.807) is 0 Å². The number of unbranched alkanes of at least 4 members (excludes halogenated alkanes) is 36. The minimum Gasteiger partial charge on any atom is -0.462 e. The molecule has 0 saturated heterocycles. The highest BCUT2D eigenvalue weighted by Crippen LogP contribution is 2.18. The van der Waals surface area contributed by atoms with Gasteiger partial charge >= 0.3 is 11.9 Å². The number of carbonyl (C=O) groups excluding carboxylic acids is 2. The maximum absolute atomic E-state index is 12.4. The molecule has 0 amide bonds. The molecule has 502 valence electrons. The number of hydrogen-bond donors (Lipinski definition) is 1. The second-order valence-corrected chi connectivity index (χ2v) is 24.6. The van der Waals surface area contributed by atoms with Gasteiger partial charge in [-0.05, 0) is 116 Å². The minimum absolute atomic E-state index is 0.0673. The zero-order chi connectivity index (χ0) is 63.3. The molecule has 0 aromatic carbocycles. The predicted octanol–water partition coefficient (Wildman–Crippen LogP) is 26.4. The molecule has 0 saturated carbocycles. The predicted molar refractivity (Wildman–Crippen MR) is 389 cm³/mol. The van der Waals surface area contributed by atoms with Crippen LogP contribution in [0.3, 0.4) is 0 Å². The van der Waals surface area contributed by atoms with Crippen LogP contribution in [0.5, 0.6) is 0 Å². The summed E-state index contributed by atoms with van der Waals surface area (Å²) >= 11 is 0. The van der Waals surface area contributed by atoms with Crippen molar-refractivity contribution in [2.75, 3.05) is 13.2 Å². The highest BCUT2D eigenvalue weighted by Gasteiger charge is 2.16. The van der Waals surface area contributed by atoms with Gasteiger partial charge in [0.2, 0.25) is 0 Å². The first-order valence-corrected chi connectivity index (χ1v) is 37.4. The van der Waals surface area contributed by atoms with Crippen molar-refractivity contribution in [3.05, 3.63) is 146 Å². The molecule has 0 radical (unpaired) electrons. The minimum atomic E-state index is -0.779. The van der Waals surface area contributed by atoms with E-state index in [1.807, 2.05) is 0 Å². The normalized spacial score (nSPS) is 13.1. The Labute approximate surface area is 546 Å². The highest BCUT2D eigenvalue weighted by atomic mass is 16.6. The summed E-state index contributed by atoms with van der Waals surface area (Å²) in [6.45, 7) is 3.94. The first-order valence-electron chi connectivity index (χ1n) is 37.4. The van der Waals surface area contributed by atoms with Gasteiger partial charge in [-0.15, -0.1) is 0 Å². The zero-order valence-corrected chi connectivity index (χ0v) is 57.7. The van der Waals surface area contributed by atoms with Crippen LogP contribution in [0.1, 0.15) is 348 Å². The summed E-state index contributed by atoms with van der Waals surface area (Å²) in [7, 11) is 0. The molecule has 0 aliphatic heterocycles. The molecule has 88 heavy (non-hydrogen) atoms. The van der Waals surface area contributed by atoms with E-state index in [0.29, 0.717) is 12.8 Å². The number of allylic oxidation sites excluding steroid dienone is 24. The lowest BCUT2D eigenvalue weighted by molar-refractivity contribution is -0.161. The number of aliphatic hydroxyl groups is 1. The summed E-state index contributed by atoms with van der Waals surface area (Å²) in [4.78, 5) is 24.7. The van der Waals surface area contributed by atoms with Crippen molar-refractivity contribution < 1.29 is 24.2 Å². The van der Waals surface area contributed by atoms with E-state index in [9.17, 15) is 14.7 Å². The van der Waals surface area contributed by atoms with Crippen LogP contribution in [0.15, 0.2) is 146 Å². The molecule has 5 nitrogen and oxygen atoms in total. The van der Waals surface area contributed by atoms with Gasteiger partial charge in [0.15, 0.2) is 6.10 Å². The number of rotatable bonds is 68. The first kappa shape index (κ1) is 83.8. The van der Waals surface area contributed by atoms with Crippen molar-refractivity contribution in [1.82, 2.24) is 0 Å². The van der Waals surface area contributed by atoms with Crippen molar-refractivity contribution in [2.24, 2.45) is 0 Å². The molecule has 0 heterocycles. The summed E-state index contributed by atoms with van der Waals surface area (Å²) in [5.41, 5.74) is 0. The van der Waals surface area contributed by atoms with E-state index in [4.69, 9.17) is 9.47 Å². The third-order valence-corrected chi connectivity index (χ3v) is 16.1. The van der Waals surface area contributed by atoms with Crippen LogP contribution in [-0.4, -0.2) is 36.4 Å². The Kier molecular flexibility index (Phi) is 73.3. The van der Waals surface area contributed by atoms with Crippen LogP contribution in [0.4, 0.5) is 0 Å². The zero-order valence-electron chi connectivity index (χ0n) is 57.7. The fourth-order valence-electron chi connectivity index (χ4n) is 10.6. The quantitative estimate of drug-likeness (QED) is 0.0373. The van der Waals surface area contributed by atoms with Gasteiger partial charge in [0, 0.05) is 12.8 Å². The number of ether oxygens (including phenoxy) is 2. The van der Waals surface area contributed by atoms with Crippen LogP contribution < -0.4 is 0 Å². The lowest BCUT2D eigenvalue weighted by Gasteiger charge is -2.15. The standard InChI is InChI=1S/C83H140O5/c1-3-5-7-9-11-13-15-17-19-21-23-25-27-29-31-33-35-37-39-41-43-45-47-49-51-53-55-57-59-61-63-65-67-69-71-73-75-77-82(85)87-80-81(79-84)88-83(86)78-76-74-72-70-68-66-64-62-60-58-56-54-52-50-48-46-44-42-40-38-36-34-32-30-28-26-24-22-20-18-16-14-12-10-8-6-4-2/h5-8,11-14,17-20,23-26,29-32,35-38,81,84H,3-4,9-10,15-16,21-22,27-28,33-34,39-80H2,1-2H3/b7-5-,8-6-,13-11-,14-12-,19-17-,20-18-,25-23-,26-24-,31-29-,32-30-,37-35-,38-36-. The summed E-state index contributed by atoms with van der Waals surface area (Å²) in [6.07, 6.45) is 116. The van der Waals surface area contributed by atoms with Crippen molar-refractivity contribution >= 4 is 11.9 Å². The van der Waals surface area contributed by atoms with E-state index < -0.39 is 6.10 Å². The number of esters is 2. The number of aliphatic hydroxyl groups excluding tert-OH is 1. The van der Waals surface area contributed by atoms with E-state index in [1.165, 1.54) is 205 Å². The summed E-state index contributed by atoms with van der Waals surface area (Å²) in [5.74, 6) is -0.580. The Morgan fingerprint density at radius 3 is 0.682 bits per heavy atom. The number of hydrogen-bond acceptors (Lipinski definition) is 5. The van der Waals surface area contributed by atoms with E-state index in [-0.39, 0.29) is 25.2 Å². The molecule has 0 spiro atoms. The Morgan fingerprint density at radius 1 is 0.261 bits per heavy atom. The average molecular weight is 1220 g/mol. The largest absolute Gasteiger partial charge is 0.462 e. The van der Waals surface area contributed by atoms with Crippen molar-refractivity contribution in [3.8, 4) is 0 Å². The van der Waals surface area contributed by atoms with E-state index in [0.717, 1.165) is 116 Å². The lowest BCUT2D eigenvalue weighted by Crippen LogP contribution is -2.28. The SMILES string of the molecule is CC/C=C\C/C=C\C/C=C\C/C=C\C/C=C\C/C=C\CCCCCCCCCCCCCCCCCCCCC(=O)OCC(CO)OC(=O)CCCCCCCCCCCCCCCCCCCC/C=C\C/C=C\C/C=C\C/C=C\C/C=C\C/C=C\CC. The Hall–Kier alpha value is -4.22. The second-order valence-electron chi connectivity index (χ2n) is 24.6. The van der Waals surface area contributed by atoms with Crippen molar-refractivity contribution in [1.29, 1.82) is 0 Å². The lowest BCUT2D eigenvalue weighted by atomic mass is 10.0. The molecule has 0 bridgehead atoms. The molecule has 0 rings (SSSR count). The fourth-order valence-corrected chi connectivity index (χ4v) is 10.6. The van der Waals surface area contributed by atoms with Gasteiger partial charge in [-0.1, -0.05) is 365 Å². The topological polar surface area (TPSA) is 72.8 Å². The number of carbonyl (C=O) groups is 2. The van der Waals surface area contributed by atoms with Crippen LogP contribution in [-0.2, 0) is 19.1 Å². The van der Waals surface area contributed by atoms with Gasteiger partial charge < -0.3 is 14.6 Å². The van der Waals surface area contributed by atoms with Crippen LogP contribution in [0.2, 0.25) is 0 Å². The van der Waals surface area contributed by atoms with Gasteiger partial charge in [0.1, 0.15) is 6.61 Å². The first-order chi connectivity index (χ1) is 43.6. The van der Waals surface area contributed by atoms with E-state index >= 15 is 0 Å². The fraction of sp³-hybridized carbons (Fsp3) is 0.687. The monoisotopic (exact) mass is 1220 g/mol. The molecule has 1 unspecified atom stereocenters. The molecule has 1 N–H and O–H groups in total. The Balaban J connectivity index is 3.45. The van der Waals surface area contributed by atoms with Crippen molar-refractivity contribution in [3.63, 3.8) is 0 Å². The third-order valence-electron chi connectivity index (χ3n) is 16.1. The van der Waals surface area contributed by atoms with Gasteiger partial charge in [-0.25, -0.2) is 0 Å². The molecule has 0 aliphatic rings. The maximum atomic E-state index is 12.4. The van der Waals surface area contributed by atoms with Gasteiger partial charge in [-0.3, -0.25) is 9.59 Å². The van der Waals surface area contributed by atoms with Gasteiger partial charge in [0.25, 0.3) is 0 Å². The Bertz CT molecular complexity index is 1810. The molecule has 0 fully saturated rings. The molecule has 1 atom stereocenters. The van der Waals surface area contributed by atoms with Gasteiger partial charge in [0.05, 0.1) is 6.61 Å². The van der Waals surface area contributed by atoms with Gasteiger partial charge in [-0.2, -0.15) is 0 Å². The molecule has 0 aliphatic carbocycles. The molecule has 0 aromatic rings. The maximum Gasteiger partial charge on any atom is 0.306 e.